The van der Waals surface area contributed by atoms with Crippen molar-refractivity contribution < 1.29 is 4.92 Å². The van der Waals surface area contributed by atoms with Crippen LogP contribution in [-0.4, -0.2) is 19.5 Å². The van der Waals surface area contributed by atoms with Crippen molar-refractivity contribution in [1.82, 2.24) is 14.6 Å². The van der Waals surface area contributed by atoms with Gasteiger partial charge in [0.15, 0.2) is 34.5 Å². The number of anilines is 3. The molecule has 160 valence electrons. The largest absolute Gasteiger partial charge is 0.382 e. The van der Waals surface area contributed by atoms with Crippen LogP contribution in [0.2, 0.25) is 5.02 Å². The number of rotatable bonds is 5. The van der Waals surface area contributed by atoms with E-state index >= 15 is 0 Å². The van der Waals surface area contributed by atoms with Crippen molar-refractivity contribution in [1.29, 1.82) is 0 Å². The summed E-state index contributed by atoms with van der Waals surface area (Å²) < 4.78 is 1.23. The first-order chi connectivity index (χ1) is 15.3. The van der Waals surface area contributed by atoms with Crippen molar-refractivity contribution in [2.24, 2.45) is 20.5 Å². The number of nitro groups is 1. The number of non-ortho nitro benzene ring substituents is 1. The number of fused-ring (bicyclic) bond motifs is 1. The maximum absolute atomic E-state index is 10.8. The predicted octanol–water partition coefficient (Wildman–Crippen LogP) is 4.87. The van der Waals surface area contributed by atoms with Gasteiger partial charge in [-0.25, -0.2) is 4.98 Å². The van der Waals surface area contributed by atoms with Crippen molar-refractivity contribution in [2.45, 2.75) is 0 Å². The van der Waals surface area contributed by atoms with Crippen LogP contribution in [0.15, 0.2) is 69.0 Å². The third kappa shape index (κ3) is 3.99. The van der Waals surface area contributed by atoms with Gasteiger partial charge in [-0.05, 0) is 36.4 Å². The van der Waals surface area contributed by atoms with Gasteiger partial charge in [-0.2, -0.15) is 14.7 Å². The van der Waals surface area contributed by atoms with E-state index < -0.39 is 4.92 Å². The molecule has 0 unspecified atom stereocenters. The Morgan fingerprint density at radius 2 is 1.41 bits per heavy atom. The number of nitro benzene ring substituents is 1. The molecule has 0 saturated heterocycles. The molecular formula is C18H14ClN11O2. The zero-order chi connectivity index (χ0) is 22.8. The zero-order valence-electron chi connectivity index (χ0n) is 16.1. The lowest BCUT2D eigenvalue weighted by atomic mass is 10.3. The number of halogens is 1. The molecule has 4 aromatic rings. The number of benzene rings is 2. The fraction of sp³-hybridized carbons (Fsp3) is 0. The number of nitrogens with zero attached hydrogens (tertiary/aromatic N) is 8. The lowest BCUT2D eigenvalue weighted by Gasteiger charge is -2.05. The normalized spacial score (nSPS) is 11.7. The number of nitrogens with two attached hydrogens (primary N) is 3. The molecule has 14 heteroatoms. The quantitative estimate of drug-likeness (QED) is 0.218. The fourth-order valence-corrected chi connectivity index (χ4v) is 2.77. The maximum Gasteiger partial charge on any atom is 0.269 e. The first-order valence-corrected chi connectivity index (χ1v) is 9.28. The van der Waals surface area contributed by atoms with E-state index in [9.17, 15) is 10.1 Å². The van der Waals surface area contributed by atoms with Gasteiger partial charge in [0.25, 0.3) is 5.69 Å². The molecule has 2 aromatic heterocycles. The van der Waals surface area contributed by atoms with Crippen LogP contribution >= 0.6 is 11.6 Å². The summed E-state index contributed by atoms with van der Waals surface area (Å²) >= 11 is 5.86. The monoisotopic (exact) mass is 451 g/mol. The predicted molar refractivity (Wildman–Crippen MR) is 119 cm³/mol. The summed E-state index contributed by atoms with van der Waals surface area (Å²) in [7, 11) is 0. The van der Waals surface area contributed by atoms with Crippen molar-refractivity contribution in [2.75, 3.05) is 17.2 Å². The summed E-state index contributed by atoms with van der Waals surface area (Å²) in [5.74, 6) is 0.0363. The maximum atomic E-state index is 10.8. The summed E-state index contributed by atoms with van der Waals surface area (Å²) in [5.41, 5.74) is 19.4. The van der Waals surface area contributed by atoms with Crippen molar-refractivity contribution in [3.63, 3.8) is 0 Å². The van der Waals surface area contributed by atoms with E-state index in [-0.39, 0.29) is 40.2 Å². The Bertz CT molecular complexity index is 1380. The van der Waals surface area contributed by atoms with Crippen LogP contribution < -0.4 is 17.2 Å². The zero-order valence-corrected chi connectivity index (χ0v) is 16.9. The van der Waals surface area contributed by atoms with E-state index in [1.165, 1.54) is 28.8 Å². The van der Waals surface area contributed by atoms with Crippen LogP contribution in [0.1, 0.15) is 0 Å². The highest BCUT2D eigenvalue weighted by atomic mass is 35.5. The summed E-state index contributed by atoms with van der Waals surface area (Å²) in [4.78, 5) is 14.5. The first kappa shape index (κ1) is 20.6. The molecule has 6 N–H and O–H groups in total. The van der Waals surface area contributed by atoms with E-state index in [2.05, 4.69) is 30.5 Å². The van der Waals surface area contributed by atoms with Crippen molar-refractivity contribution in [3.8, 4) is 0 Å². The number of hydrogen-bond donors (Lipinski definition) is 3. The van der Waals surface area contributed by atoms with Gasteiger partial charge in [-0.15, -0.1) is 15.3 Å². The van der Waals surface area contributed by atoms with Crippen molar-refractivity contribution >= 4 is 63.1 Å². The van der Waals surface area contributed by atoms with Crippen LogP contribution in [0, 0.1) is 10.1 Å². The Morgan fingerprint density at radius 1 is 0.844 bits per heavy atom. The second-order valence-corrected chi connectivity index (χ2v) is 6.79. The Kier molecular flexibility index (Phi) is 5.30. The minimum Gasteiger partial charge on any atom is -0.382 e. The smallest absolute Gasteiger partial charge is 0.269 e. The van der Waals surface area contributed by atoms with Gasteiger partial charge in [0, 0.05) is 17.2 Å². The Balaban J connectivity index is 1.69. The summed E-state index contributed by atoms with van der Waals surface area (Å²) in [6.07, 6.45) is 0. The summed E-state index contributed by atoms with van der Waals surface area (Å²) in [5, 5.41) is 31.7. The first-order valence-electron chi connectivity index (χ1n) is 8.90. The van der Waals surface area contributed by atoms with E-state index in [0.29, 0.717) is 16.4 Å². The van der Waals surface area contributed by atoms with Gasteiger partial charge in [0.1, 0.15) is 0 Å². The highest BCUT2D eigenvalue weighted by molar-refractivity contribution is 6.30. The van der Waals surface area contributed by atoms with Gasteiger partial charge in [0.05, 0.1) is 16.3 Å². The molecule has 13 nitrogen and oxygen atoms in total. The van der Waals surface area contributed by atoms with Gasteiger partial charge in [-0.3, -0.25) is 10.1 Å². The van der Waals surface area contributed by atoms with E-state index in [0.717, 1.165) is 0 Å². The average molecular weight is 452 g/mol. The Morgan fingerprint density at radius 3 is 2.00 bits per heavy atom. The molecule has 0 amide bonds. The summed E-state index contributed by atoms with van der Waals surface area (Å²) in [6.45, 7) is 0. The molecule has 0 radical (unpaired) electrons. The highest BCUT2D eigenvalue weighted by Gasteiger charge is 2.18. The molecule has 0 fully saturated rings. The third-order valence-corrected chi connectivity index (χ3v) is 4.47. The second-order valence-electron chi connectivity index (χ2n) is 6.35. The third-order valence-electron chi connectivity index (χ3n) is 4.22. The van der Waals surface area contributed by atoms with E-state index in [4.69, 9.17) is 28.8 Å². The van der Waals surface area contributed by atoms with Crippen LogP contribution in [0.3, 0.4) is 0 Å². The molecule has 0 aliphatic carbocycles. The molecule has 0 spiro atoms. The SMILES string of the molecule is Nc1nc2c(N=Nc3ccc([N+](=O)[O-])cc3)c(N)nn2c(N)c1N=Nc1ccc(Cl)cc1. The number of hydrogen-bond acceptors (Lipinski definition) is 11. The lowest BCUT2D eigenvalue weighted by Crippen LogP contribution is -2.04. The molecule has 2 heterocycles. The fourth-order valence-electron chi connectivity index (χ4n) is 2.65. The minimum absolute atomic E-state index is 0.000974. The molecule has 0 aliphatic heterocycles. The molecule has 0 atom stereocenters. The van der Waals surface area contributed by atoms with Gasteiger partial charge < -0.3 is 17.2 Å². The molecule has 0 bridgehead atoms. The topological polar surface area (TPSA) is 201 Å². The Labute approximate surface area is 184 Å². The molecule has 0 saturated carbocycles. The molecule has 2 aromatic carbocycles. The standard InChI is InChI=1S/C18H14ClN11O2/c19-9-1-3-10(4-2-9)24-26-13-15(20)23-18-14(16(21)28-29(18)17(13)22)27-25-11-5-7-12(8-6-11)30(31)32/h1-8H,22H2,(H2,20,23)(H2,21,28). The molecule has 32 heavy (non-hydrogen) atoms. The van der Waals surface area contributed by atoms with Crippen molar-refractivity contribution in [3.05, 3.63) is 63.7 Å². The lowest BCUT2D eigenvalue weighted by molar-refractivity contribution is -0.384. The number of aromatic nitrogens is 3. The van der Waals surface area contributed by atoms with Gasteiger partial charge in [0.2, 0.25) is 0 Å². The van der Waals surface area contributed by atoms with Crippen LogP contribution in [0.25, 0.3) is 5.65 Å². The average Bonchev–Trinajstić information content (AvgIpc) is 3.09. The molecular weight excluding hydrogens is 438 g/mol. The number of nitrogen functional groups attached to an aromatic ring is 3. The molecule has 0 aliphatic rings. The van der Waals surface area contributed by atoms with E-state index in [1.54, 1.807) is 24.3 Å². The highest BCUT2D eigenvalue weighted by Crippen LogP contribution is 2.36. The van der Waals surface area contributed by atoms with Gasteiger partial charge >= 0.3 is 0 Å². The summed E-state index contributed by atoms with van der Waals surface area (Å²) in [6, 6.07) is 12.2. The van der Waals surface area contributed by atoms with Gasteiger partial charge in [-0.1, -0.05) is 11.6 Å². The van der Waals surface area contributed by atoms with Crippen LogP contribution in [0.5, 0.6) is 0 Å². The number of azo groups is 2. The van der Waals surface area contributed by atoms with Crippen LogP contribution in [0.4, 0.5) is 45.9 Å². The molecule has 4 rings (SSSR count). The Hall–Kier alpha value is -4.65. The van der Waals surface area contributed by atoms with E-state index in [1.807, 2.05) is 0 Å². The minimum atomic E-state index is -0.512. The second kappa shape index (κ2) is 8.23. The van der Waals surface area contributed by atoms with Crippen LogP contribution in [-0.2, 0) is 0 Å².